The standard InChI is InChI=1S/C12H9ClF3N3OS/c1-2-10-18-5-8(21-10)11(20)19-9-3-6(12(14,15)16)7(13)4-17-9/h3-5H,2H2,1H3,(H,17,19,20). The minimum Gasteiger partial charge on any atom is -0.306 e. The third-order valence-corrected chi connectivity index (χ3v) is 3.92. The monoisotopic (exact) mass is 335 g/mol. The Morgan fingerprint density at radius 2 is 2.10 bits per heavy atom. The zero-order valence-electron chi connectivity index (χ0n) is 10.7. The van der Waals surface area contributed by atoms with Gasteiger partial charge in [-0.25, -0.2) is 9.97 Å². The van der Waals surface area contributed by atoms with Gasteiger partial charge in [0.2, 0.25) is 0 Å². The van der Waals surface area contributed by atoms with Gasteiger partial charge in [0, 0.05) is 6.20 Å². The molecule has 21 heavy (non-hydrogen) atoms. The number of hydrogen-bond acceptors (Lipinski definition) is 4. The van der Waals surface area contributed by atoms with E-state index < -0.39 is 22.7 Å². The van der Waals surface area contributed by atoms with E-state index in [0.29, 0.717) is 17.4 Å². The first-order valence-corrected chi connectivity index (χ1v) is 6.99. The number of alkyl halides is 3. The molecule has 0 spiro atoms. The minimum atomic E-state index is -4.61. The number of carbonyl (C=O) groups excluding carboxylic acids is 1. The fraction of sp³-hybridized carbons (Fsp3) is 0.250. The summed E-state index contributed by atoms with van der Waals surface area (Å²) in [6.07, 6.45) is -1.71. The van der Waals surface area contributed by atoms with Gasteiger partial charge < -0.3 is 5.32 Å². The smallest absolute Gasteiger partial charge is 0.306 e. The summed E-state index contributed by atoms with van der Waals surface area (Å²) in [7, 11) is 0. The molecule has 0 aromatic carbocycles. The molecular weight excluding hydrogens is 327 g/mol. The van der Waals surface area contributed by atoms with Crippen LogP contribution in [0.15, 0.2) is 18.5 Å². The van der Waals surface area contributed by atoms with E-state index >= 15 is 0 Å². The molecule has 2 heterocycles. The Morgan fingerprint density at radius 1 is 1.38 bits per heavy atom. The Balaban J connectivity index is 2.21. The largest absolute Gasteiger partial charge is 0.418 e. The van der Waals surface area contributed by atoms with Gasteiger partial charge in [0.1, 0.15) is 10.7 Å². The summed E-state index contributed by atoms with van der Waals surface area (Å²) < 4.78 is 38.1. The summed E-state index contributed by atoms with van der Waals surface area (Å²) in [6, 6.07) is 0.696. The Labute approximate surface area is 127 Å². The number of carbonyl (C=O) groups is 1. The SMILES string of the molecule is CCc1ncc(C(=O)Nc2cc(C(F)(F)F)c(Cl)cn2)s1. The first kappa shape index (κ1) is 15.7. The number of amides is 1. The maximum Gasteiger partial charge on any atom is 0.418 e. The lowest BCUT2D eigenvalue weighted by atomic mass is 10.2. The Bertz CT molecular complexity index is 672. The second-order valence-corrected chi connectivity index (χ2v) is 5.50. The summed E-state index contributed by atoms with van der Waals surface area (Å²) in [6.45, 7) is 1.89. The van der Waals surface area contributed by atoms with Gasteiger partial charge in [-0.1, -0.05) is 18.5 Å². The second-order valence-electron chi connectivity index (χ2n) is 3.97. The topological polar surface area (TPSA) is 54.9 Å². The quantitative estimate of drug-likeness (QED) is 0.921. The average molecular weight is 336 g/mol. The molecule has 0 bridgehead atoms. The number of pyridine rings is 1. The van der Waals surface area contributed by atoms with E-state index in [0.717, 1.165) is 11.2 Å². The molecule has 1 N–H and O–H groups in total. The summed E-state index contributed by atoms with van der Waals surface area (Å²) in [4.78, 5) is 19.9. The van der Waals surface area contributed by atoms with Crippen LogP contribution in [0.2, 0.25) is 5.02 Å². The number of aryl methyl sites for hydroxylation is 1. The van der Waals surface area contributed by atoms with E-state index in [4.69, 9.17) is 11.6 Å². The van der Waals surface area contributed by atoms with Crippen LogP contribution in [-0.4, -0.2) is 15.9 Å². The Kier molecular flexibility index (Phi) is 4.48. The van der Waals surface area contributed by atoms with Crippen molar-refractivity contribution in [3.63, 3.8) is 0 Å². The van der Waals surface area contributed by atoms with Crippen LogP contribution in [0, 0.1) is 0 Å². The van der Waals surface area contributed by atoms with Crippen molar-refractivity contribution in [2.75, 3.05) is 5.32 Å². The lowest BCUT2D eigenvalue weighted by Gasteiger charge is -2.10. The molecule has 0 saturated heterocycles. The van der Waals surface area contributed by atoms with Crippen molar-refractivity contribution >= 4 is 34.7 Å². The first-order chi connectivity index (χ1) is 9.81. The normalized spacial score (nSPS) is 11.5. The van der Waals surface area contributed by atoms with Crippen LogP contribution < -0.4 is 5.32 Å². The molecule has 0 aliphatic heterocycles. The lowest BCUT2D eigenvalue weighted by molar-refractivity contribution is -0.137. The van der Waals surface area contributed by atoms with Crippen molar-refractivity contribution in [1.82, 2.24) is 9.97 Å². The second kappa shape index (κ2) is 5.98. The fourth-order valence-corrected chi connectivity index (χ4v) is 2.44. The fourth-order valence-electron chi connectivity index (χ4n) is 1.48. The number of thiazole rings is 1. The number of halogens is 4. The Hall–Kier alpha value is -1.67. The minimum absolute atomic E-state index is 0.219. The molecular formula is C12H9ClF3N3OS. The molecule has 0 aliphatic rings. The molecule has 4 nitrogen and oxygen atoms in total. The molecule has 0 radical (unpaired) electrons. The maximum atomic E-state index is 12.7. The van der Waals surface area contributed by atoms with E-state index in [1.807, 2.05) is 6.92 Å². The van der Waals surface area contributed by atoms with Crippen LogP contribution >= 0.6 is 22.9 Å². The van der Waals surface area contributed by atoms with Crippen LogP contribution in [0.5, 0.6) is 0 Å². The molecule has 2 aromatic heterocycles. The van der Waals surface area contributed by atoms with E-state index in [-0.39, 0.29) is 5.82 Å². The van der Waals surface area contributed by atoms with Crippen molar-refractivity contribution in [3.8, 4) is 0 Å². The van der Waals surface area contributed by atoms with Crippen LogP contribution in [0.1, 0.15) is 27.2 Å². The van der Waals surface area contributed by atoms with Gasteiger partial charge in [0.15, 0.2) is 0 Å². The van der Waals surface area contributed by atoms with E-state index in [1.54, 1.807) is 0 Å². The molecule has 0 atom stereocenters. The molecule has 0 unspecified atom stereocenters. The highest BCUT2D eigenvalue weighted by Gasteiger charge is 2.34. The van der Waals surface area contributed by atoms with Gasteiger partial charge in [0.25, 0.3) is 5.91 Å². The van der Waals surface area contributed by atoms with Crippen LogP contribution in [0.25, 0.3) is 0 Å². The van der Waals surface area contributed by atoms with E-state index in [1.165, 1.54) is 17.5 Å². The zero-order valence-corrected chi connectivity index (χ0v) is 12.2. The molecule has 0 fully saturated rings. The van der Waals surface area contributed by atoms with Gasteiger partial charge >= 0.3 is 6.18 Å². The molecule has 112 valence electrons. The number of nitrogens with zero attached hydrogens (tertiary/aromatic N) is 2. The number of aromatic nitrogens is 2. The highest BCUT2D eigenvalue weighted by atomic mass is 35.5. The summed E-state index contributed by atoms with van der Waals surface area (Å²) in [5, 5.41) is 2.54. The maximum absolute atomic E-state index is 12.7. The third-order valence-electron chi connectivity index (χ3n) is 2.48. The first-order valence-electron chi connectivity index (χ1n) is 5.80. The van der Waals surface area contributed by atoms with Gasteiger partial charge in [0.05, 0.1) is 21.8 Å². The summed E-state index contributed by atoms with van der Waals surface area (Å²) >= 11 is 6.63. The zero-order chi connectivity index (χ0) is 15.6. The lowest BCUT2D eigenvalue weighted by Crippen LogP contribution is -2.13. The van der Waals surface area contributed by atoms with Gasteiger partial charge in [-0.05, 0) is 12.5 Å². The summed E-state index contributed by atoms with van der Waals surface area (Å²) in [5.41, 5.74) is -1.05. The predicted molar refractivity (Wildman–Crippen MR) is 73.7 cm³/mol. The van der Waals surface area contributed by atoms with E-state index in [2.05, 4.69) is 15.3 Å². The number of nitrogens with one attached hydrogen (secondary N) is 1. The number of rotatable bonds is 3. The molecule has 2 aromatic rings. The molecule has 9 heteroatoms. The average Bonchev–Trinajstić information content (AvgIpc) is 2.88. The third kappa shape index (κ3) is 3.70. The van der Waals surface area contributed by atoms with Crippen molar-refractivity contribution in [2.24, 2.45) is 0 Å². The van der Waals surface area contributed by atoms with Crippen LogP contribution in [0.3, 0.4) is 0 Å². The highest BCUT2D eigenvalue weighted by Crippen LogP contribution is 2.35. The van der Waals surface area contributed by atoms with Crippen molar-refractivity contribution in [2.45, 2.75) is 19.5 Å². The van der Waals surface area contributed by atoms with Crippen molar-refractivity contribution in [1.29, 1.82) is 0 Å². The van der Waals surface area contributed by atoms with Gasteiger partial charge in [-0.2, -0.15) is 13.2 Å². The molecule has 0 saturated carbocycles. The van der Waals surface area contributed by atoms with Crippen molar-refractivity contribution in [3.05, 3.63) is 38.9 Å². The van der Waals surface area contributed by atoms with Crippen molar-refractivity contribution < 1.29 is 18.0 Å². The highest BCUT2D eigenvalue weighted by molar-refractivity contribution is 7.13. The van der Waals surface area contributed by atoms with Crippen LogP contribution in [-0.2, 0) is 12.6 Å². The van der Waals surface area contributed by atoms with Crippen LogP contribution in [0.4, 0.5) is 19.0 Å². The molecule has 1 amide bonds. The number of anilines is 1. The summed E-state index contributed by atoms with van der Waals surface area (Å²) in [5.74, 6) is -0.779. The predicted octanol–water partition coefficient (Wildman–Crippen LogP) is 4.03. The number of hydrogen-bond donors (Lipinski definition) is 1. The van der Waals surface area contributed by atoms with Gasteiger partial charge in [-0.3, -0.25) is 4.79 Å². The molecule has 0 aliphatic carbocycles. The molecule has 2 rings (SSSR count). The Morgan fingerprint density at radius 3 is 2.67 bits per heavy atom. The van der Waals surface area contributed by atoms with Gasteiger partial charge in [-0.15, -0.1) is 11.3 Å². The van der Waals surface area contributed by atoms with E-state index in [9.17, 15) is 18.0 Å².